The molecule has 3 aliphatic rings. The van der Waals surface area contributed by atoms with E-state index < -0.39 is 36.1 Å². The van der Waals surface area contributed by atoms with Gasteiger partial charge in [0.2, 0.25) is 5.91 Å². The SMILES string of the molecule is C[C@H](Nc1ccc2c(c1)OCCn1cc(N3C(=O)OC4(CC4)C3C(F)F)nc1-2)C(N)=O. The van der Waals surface area contributed by atoms with Gasteiger partial charge in [-0.15, -0.1) is 0 Å². The molecule has 1 unspecified atom stereocenters. The van der Waals surface area contributed by atoms with Gasteiger partial charge in [-0.3, -0.25) is 4.79 Å². The Morgan fingerprint density at radius 2 is 2.16 bits per heavy atom. The van der Waals surface area contributed by atoms with Crippen LogP contribution < -0.4 is 20.7 Å². The maximum absolute atomic E-state index is 13.8. The van der Waals surface area contributed by atoms with Crippen LogP contribution in [0.4, 0.5) is 25.1 Å². The third kappa shape index (κ3) is 3.15. The van der Waals surface area contributed by atoms with Crippen molar-refractivity contribution in [1.29, 1.82) is 0 Å². The molecule has 1 aliphatic carbocycles. The van der Waals surface area contributed by atoms with Gasteiger partial charge in [-0.1, -0.05) is 0 Å². The fraction of sp³-hybridized carbons (Fsp3) is 0.450. The number of nitrogens with two attached hydrogens (primary N) is 1. The first-order valence-electron chi connectivity index (χ1n) is 10.00. The average Bonchev–Trinajstić information content (AvgIpc) is 3.29. The first-order valence-corrected chi connectivity index (χ1v) is 10.00. The van der Waals surface area contributed by atoms with E-state index >= 15 is 0 Å². The summed E-state index contributed by atoms with van der Waals surface area (Å²) < 4.78 is 40.5. The Bertz CT molecular complexity index is 1070. The Hall–Kier alpha value is -3.37. The van der Waals surface area contributed by atoms with Crippen LogP contribution in [0.1, 0.15) is 19.8 Å². The second-order valence-corrected chi connectivity index (χ2v) is 8.03. The maximum Gasteiger partial charge on any atom is 0.416 e. The molecule has 2 fully saturated rings. The molecular weight excluding hydrogens is 412 g/mol. The molecule has 1 saturated carbocycles. The third-order valence-electron chi connectivity index (χ3n) is 5.92. The highest BCUT2D eigenvalue weighted by Crippen LogP contribution is 2.52. The summed E-state index contributed by atoms with van der Waals surface area (Å²) in [7, 11) is 0. The zero-order chi connectivity index (χ0) is 21.9. The lowest BCUT2D eigenvalue weighted by Gasteiger charge is -2.21. The van der Waals surface area contributed by atoms with E-state index in [0.717, 1.165) is 4.90 Å². The first-order chi connectivity index (χ1) is 14.8. The molecule has 0 radical (unpaired) electrons. The molecule has 1 aromatic heterocycles. The predicted octanol–water partition coefficient (Wildman–Crippen LogP) is 2.35. The molecule has 31 heavy (non-hydrogen) atoms. The minimum atomic E-state index is -2.74. The summed E-state index contributed by atoms with van der Waals surface area (Å²) in [5.74, 6) is 0.655. The van der Waals surface area contributed by atoms with Gasteiger partial charge in [-0.25, -0.2) is 23.5 Å². The van der Waals surface area contributed by atoms with E-state index in [0.29, 0.717) is 48.8 Å². The predicted molar refractivity (Wildman–Crippen MR) is 106 cm³/mol. The molecule has 5 rings (SSSR count). The van der Waals surface area contributed by atoms with Crippen LogP contribution in [0.3, 0.4) is 0 Å². The standard InChI is InChI=1S/C20H21F2N5O4/c1-10(17(23)28)24-11-2-3-12-13(8-11)30-7-6-26-9-14(25-18(12)26)27-15(16(21)22)20(4-5-20)31-19(27)29/h2-3,8-10,15-16,24H,4-7H2,1H3,(H2,23,28)/t10-,15?/m0/s1. The van der Waals surface area contributed by atoms with E-state index in [1.165, 1.54) is 0 Å². The van der Waals surface area contributed by atoms with Crippen LogP contribution in [-0.4, -0.2) is 52.3 Å². The Morgan fingerprint density at radius 3 is 2.84 bits per heavy atom. The highest BCUT2D eigenvalue weighted by atomic mass is 19.3. The number of nitrogens with zero attached hydrogens (tertiary/aromatic N) is 3. The van der Waals surface area contributed by atoms with E-state index in [2.05, 4.69) is 10.3 Å². The van der Waals surface area contributed by atoms with Crippen molar-refractivity contribution in [2.75, 3.05) is 16.8 Å². The number of carbonyl (C=O) groups is 2. The highest BCUT2D eigenvalue weighted by Gasteiger charge is 2.66. The molecule has 9 nitrogen and oxygen atoms in total. The van der Waals surface area contributed by atoms with Crippen LogP contribution in [-0.2, 0) is 16.1 Å². The second-order valence-electron chi connectivity index (χ2n) is 8.03. The van der Waals surface area contributed by atoms with Crippen LogP contribution in [0.15, 0.2) is 24.4 Å². The van der Waals surface area contributed by atoms with E-state index in [1.54, 1.807) is 35.9 Å². The van der Waals surface area contributed by atoms with Crippen molar-refractivity contribution in [1.82, 2.24) is 9.55 Å². The molecule has 1 spiro atoms. The number of amides is 2. The van der Waals surface area contributed by atoms with E-state index in [4.69, 9.17) is 15.2 Å². The maximum atomic E-state index is 13.8. The average molecular weight is 433 g/mol. The van der Waals surface area contributed by atoms with Gasteiger partial charge in [0, 0.05) is 18.0 Å². The van der Waals surface area contributed by atoms with Crippen molar-refractivity contribution in [2.24, 2.45) is 5.73 Å². The van der Waals surface area contributed by atoms with Gasteiger partial charge < -0.3 is 25.1 Å². The molecule has 1 aromatic carbocycles. The smallest absolute Gasteiger partial charge is 0.416 e. The largest absolute Gasteiger partial charge is 0.491 e. The number of alkyl halides is 2. The number of carbonyl (C=O) groups excluding carboxylic acids is 2. The van der Waals surface area contributed by atoms with Crippen LogP contribution in [0.2, 0.25) is 0 Å². The Labute approximate surface area is 176 Å². The number of primary amides is 1. The number of hydrogen-bond donors (Lipinski definition) is 2. The van der Waals surface area contributed by atoms with Gasteiger partial charge in [0.25, 0.3) is 6.43 Å². The lowest BCUT2D eigenvalue weighted by Crippen LogP contribution is -2.43. The Kier molecular flexibility index (Phi) is 4.31. The number of fused-ring (bicyclic) bond motifs is 3. The number of halogens is 2. The van der Waals surface area contributed by atoms with Gasteiger partial charge in [-0.2, -0.15) is 0 Å². The van der Waals surface area contributed by atoms with Crippen molar-refractivity contribution in [2.45, 2.75) is 50.4 Å². The van der Waals surface area contributed by atoms with Gasteiger partial charge in [0.1, 0.15) is 35.9 Å². The number of benzene rings is 1. The molecule has 2 atom stereocenters. The summed E-state index contributed by atoms with van der Waals surface area (Å²) in [6, 6.07) is 3.31. The second kappa shape index (κ2) is 6.82. The highest BCUT2D eigenvalue weighted by molar-refractivity contribution is 5.91. The van der Waals surface area contributed by atoms with E-state index in [9.17, 15) is 18.4 Å². The molecule has 2 amide bonds. The molecule has 3 N–H and O–H groups in total. The number of imidazole rings is 1. The van der Waals surface area contributed by atoms with Crippen molar-refractivity contribution < 1.29 is 27.8 Å². The summed E-state index contributed by atoms with van der Waals surface area (Å²) in [6.07, 6.45) is -1.12. The zero-order valence-electron chi connectivity index (χ0n) is 16.7. The Morgan fingerprint density at radius 1 is 1.39 bits per heavy atom. The summed E-state index contributed by atoms with van der Waals surface area (Å²) in [5, 5.41) is 2.99. The van der Waals surface area contributed by atoms with E-state index in [1.807, 2.05) is 0 Å². The molecule has 0 bridgehead atoms. The van der Waals surface area contributed by atoms with Crippen molar-refractivity contribution >= 4 is 23.5 Å². The van der Waals surface area contributed by atoms with Crippen molar-refractivity contribution in [3.8, 4) is 17.1 Å². The number of ether oxygens (including phenoxy) is 2. The monoisotopic (exact) mass is 433 g/mol. The van der Waals surface area contributed by atoms with Crippen LogP contribution in [0, 0.1) is 0 Å². The fourth-order valence-corrected chi connectivity index (χ4v) is 4.13. The normalized spacial score (nSPS) is 21.7. The Balaban J connectivity index is 1.50. The number of anilines is 2. The molecule has 1 saturated heterocycles. The van der Waals surface area contributed by atoms with Crippen LogP contribution >= 0.6 is 0 Å². The lowest BCUT2D eigenvalue weighted by molar-refractivity contribution is -0.118. The zero-order valence-corrected chi connectivity index (χ0v) is 16.7. The number of nitrogens with one attached hydrogen (secondary N) is 1. The lowest BCUT2D eigenvalue weighted by atomic mass is 10.1. The third-order valence-corrected chi connectivity index (χ3v) is 5.92. The fourth-order valence-electron chi connectivity index (χ4n) is 4.13. The number of hydrogen-bond acceptors (Lipinski definition) is 6. The van der Waals surface area contributed by atoms with Crippen LogP contribution in [0.25, 0.3) is 11.4 Å². The van der Waals surface area contributed by atoms with Gasteiger partial charge in [0.05, 0.1) is 12.1 Å². The van der Waals surface area contributed by atoms with Crippen molar-refractivity contribution in [3.05, 3.63) is 24.4 Å². The van der Waals surface area contributed by atoms with Gasteiger partial charge >= 0.3 is 6.09 Å². The molecule has 164 valence electrons. The molecular formula is C20H21F2N5O4. The minimum Gasteiger partial charge on any atom is -0.491 e. The first kappa shape index (κ1) is 19.6. The molecule has 2 aliphatic heterocycles. The molecule has 3 heterocycles. The summed E-state index contributed by atoms with van der Waals surface area (Å²) in [5.41, 5.74) is 5.47. The summed E-state index contributed by atoms with van der Waals surface area (Å²) in [6.45, 7) is 2.39. The quantitative estimate of drug-likeness (QED) is 0.749. The van der Waals surface area contributed by atoms with Crippen molar-refractivity contribution in [3.63, 3.8) is 0 Å². The number of rotatable bonds is 5. The van der Waals surface area contributed by atoms with Gasteiger partial charge in [-0.05, 0) is 31.9 Å². The number of aromatic nitrogens is 2. The molecule has 11 heteroatoms. The van der Waals surface area contributed by atoms with Gasteiger partial charge in [0.15, 0.2) is 5.82 Å². The topological polar surface area (TPSA) is 112 Å². The van der Waals surface area contributed by atoms with Crippen LogP contribution in [0.5, 0.6) is 5.75 Å². The summed E-state index contributed by atoms with van der Waals surface area (Å²) in [4.78, 5) is 29.2. The van der Waals surface area contributed by atoms with E-state index in [-0.39, 0.29) is 5.82 Å². The summed E-state index contributed by atoms with van der Waals surface area (Å²) >= 11 is 0. The molecule has 2 aromatic rings. The minimum absolute atomic E-state index is 0.131.